The van der Waals surface area contributed by atoms with Crippen molar-refractivity contribution >= 4 is 0 Å². The van der Waals surface area contributed by atoms with Gasteiger partial charge in [0.15, 0.2) is 11.5 Å². The summed E-state index contributed by atoms with van der Waals surface area (Å²) in [6.45, 7) is 11.3. The quantitative estimate of drug-likeness (QED) is 0.929. The molecule has 5 nitrogen and oxygen atoms in total. The van der Waals surface area contributed by atoms with Crippen molar-refractivity contribution in [1.82, 2.24) is 10.2 Å². The van der Waals surface area contributed by atoms with Crippen molar-refractivity contribution in [2.45, 2.75) is 26.8 Å². The molecule has 2 heterocycles. The van der Waals surface area contributed by atoms with Crippen LogP contribution in [0.25, 0.3) is 0 Å². The maximum absolute atomic E-state index is 5.60. The molecule has 22 heavy (non-hydrogen) atoms. The number of methoxy groups -OCH3 is 1. The second-order valence-corrected chi connectivity index (χ2v) is 7.01. The van der Waals surface area contributed by atoms with Crippen molar-refractivity contribution in [2.75, 3.05) is 40.1 Å². The summed E-state index contributed by atoms with van der Waals surface area (Å²) in [7, 11) is 1.68. The maximum Gasteiger partial charge on any atom is 0.231 e. The Balaban J connectivity index is 2.00. The highest BCUT2D eigenvalue weighted by atomic mass is 16.7. The molecule has 3 rings (SSSR count). The highest BCUT2D eigenvalue weighted by Crippen LogP contribution is 2.47. The molecule has 5 heteroatoms. The molecule has 1 aromatic rings. The van der Waals surface area contributed by atoms with E-state index in [4.69, 9.17) is 14.2 Å². The molecular formula is C17H26N2O3. The number of nitrogens with zero attached hydrogens (tertiary/aromatic N) is 1. The first-order chi connectivity index (χ1) is 10.5. The molecule has 1 saturated heterocycles. The predicted molar refractivity (Wildman–Crippen MR) is 85.8 cm³/mol. The summed E-state index contributed by atoms with van der Waals surface area (Å²) >= 11 is 0. The van der Waals surface area contributed by atoms with E-state index in [1.165, 1.54) is 5.56 Å². The van der Waals surface area contributed by atoms with E-state index in [9.17, 15) is 0 Å². The van der Waals surface area contributed by atoms with Crippen molar-refractivity contribution in [2.24, 2.45) is 5.41 Å². The summed E-state index contributed by atoms with van der Waals surface area (Å²) in [5, 5.41) is 3.43. The Bertz CT molecular complexity index is 533. The number of hydrogen-bond donors (Lipinski definition) is 1. The van der Waals surface area contributed by atoms with Gasteiger partial charge in [-0.05, 0) is 23.1 Å². The van der Waals surface area contributed by atoms with Gasteiger partial charge < -0.3 is 19.5 Å². The number of fused-ring (bicyclic) bond motifs is 1. The smallest absolute Gasteiger partial charge is 0.231 e. The number of ether oxygens (including phenoxy) is 3. The van der Waals surface area contributed by atoms with Crippen molar-refractivity contribution < 1.29 is 14.2 Å². The number of rotatable bonds is 3. The summed E-state index contributed by atoms with van der Waals surface area (Å²) in [6.07, 6.45) is 0. The third-order valence-electron chi connectivity index (χ3n) is 4.33. The minimum atomic E-state index is 0.121. The lowest BCUT2D eigenvalue weighted by Crippen LogP contribution is -2.48. The predicted octanol–water partition coefficient (Wildman–Crippen LogP) is 2.42. The number of nitrogens with one attached hydrogen (secondary N) is 1. The van der Waals surface area contributed by atoms with Gasteiger partial charge in [-0.2, -0.15) is 0 Å². The number of benzene rings is 1. The fourth-order valence-corrected chi connectivity index (χ4v) is 3.51. The molecule has 1 fully saturated rings. The van der Waals surface area contributed by atoms with Gasteiger partial charge in [0, 0.05) is 32.2 Å². The van der Waals surface area contributed by atoms with Gasteiger partial charge in [0.25, 0.3) is 0 Å². The van der Waals surface area contributed by atoms with Crippen LogP contribution in [0.3, 0.4) is 0 Å². The molecule has 0 unspecified atom stereocenters. The molecule has 1 aromatic carbocycles. The first-order valence-electron chi connectivity index (χ1n) is 7.93. The Morgan fingerprint density at radius 1 is 1.18 bits per heavy atom. The van der Waals surface area contributed by atoms with Gasteiger partial charge >= 0.3 is 0 Å². The molecule has 2 aliphatic heterocycles. The molecule has 0 amide bonds. The van der Waals surface area contributed by atoms with Crippen molar-refractivity contribution in [3.05, 3.63) is 17.7 Å². The summed E-state index contributed by atoms with van der Waals surface area (Å²) in [6, 6.07) is 4.53. The van der Waals surface area contributed by atoms with E-state index in [-0.39, 0.29) is 12.2 Å². The van der Waals surface area contributed by atoms with E-state index in [2.05, 4.69) is 43.1 Å². The molecular weight excluding hydrogens is 280 g/mol. The lowest BCUT2D eigenvalue weighted by Gasteiger charge is -2.42. The maximum atomic E-state index is 5.60. The topological polar surface area (TPSA) is 43.0 Å². The average Bonchev–Trinajstić information content (AvgIpc) is 2.94. The van der Waals surface area contributed by atoms with Crippen LogP contribution in [-0.2, 0) is 0 Å². The van der Waals surface area contributed by atoms with E-state index in [0.717, 1.165) is 43.4 Å². The third-order valence-corrected chi connectivity index (χ3v) is 4.33. The Kier molecular flexibility index (Phi) is 4.19. The Hall–Kier alpha value is -1.46. The fourth-order valence-electron chi connectivity index (χ4n) is 3.51. The van der Waals surface area contributed by atoms with Crippen LogP contribution in [0.15, 0.2) is 12.1 Å². The minimum Gasteiger partial charge on any atom is -0.493 e. The SMILES string of the molecule is COc1cc([C@@H](N2CCNCC2)C(C)(C)C)cc2c1OCO2. The molecule has 1 atom stereocenters. The number of piperazine rings is 1. The molecule has 0 radical (unpaired) electrons. The van der Waals surface area contributed by atoms with E-state index in [1.54, 1.807) is 7.11 Å². The molecule has 1 N–H and O–H groups in total. The summed E-state index contributed by atoms with van der Waals surface area (Å²) in [5.41, 5.74) is 1.35. The summed E-state index contributed by atoms with van der Waals surface area (Å²) in [4.78, 5) is 2.55. The highest BCUT2D eigenvalue weighted by molar-refractivity contribution is 5.55. The van der Waals surface area contributed by atoms with Gasteiger partial charge in [-0.3, -0.25) is 4.90 Å². The van der Waals surface area contributed by atoms with Gasteiger partial charge in [-0.25, -0.2) is 0 Å². The standard InChI is InChI=1S/C17H26N2O3/c1-17(2,3)16(19-7-5-18-6-8-19)12-9-13(20-4)15-14(10-12)21-11-22-15/h9-10,16,18H,5-8,11H2,1-4H3/t16-/m1/s1. The van der Waals surface area contributed by atoms with Crippen LogP contribution >= 0.6 is 0 Å². The first kappa shape index (κ1) is 15.4. The zero-order valence-corrected chi connectivity index (χ0v) is 13.9. The Morgan fingerprint density at radius 2 is 1.91 bits per heavy atom. The monoisotopic (exact) mass is 306 g/mol. The fraction of sp³-hybridized carbons (Fsp3) is 0.647. The van der Waals surface area contributed by atoms with Crippen LogP contribution in [0.4, 0.5) is 0 Å². The normalized spacial score (nSPS) is 20.0. The van der Waals surface area contributed by atoms with E-state index >= 15 is 0 Å². The van der Waals surface area contributed by atoms with Crippen molar-refractivity contribution in [1.29, 1.82) is 0 Å². The lowest BCUT2D eigenvalue weighted by atomic mass is 9.80. The van der Waals surface area contributed by atoms with Crippen LogP contribution in [0, 0.1) is 5.41 Å². The Morgan fingerprint density at radius 3 is 2.55 bits per heavy atom. The zero-order chi connectivity index (χ0) is 15.7. The summed E-state index contributed by atoms with van der Waals surface area (Å²) in [5.74, 6) is 2.27. The molecule has 0 aliphatic carbocycles. The van der Waals surface area contributed by atoms with Crippen LogP contribution < -0.4 is 19.5 Å². The van der Waals surface area contributed by atoms with Gasteiger partial charge in [0.05, 0.1) is 7.11 Å². The molecule has 2 aliphatic rings. The van der Waals surface area contributed by atoms with Crippen molar-refractivity contribution in [3.8, 4) is 17.2 Å². The third kappa shape index (κ3) is 2.88. The van der Waals surface area contributed by atoms with E-state index in [1.807, 2.05) is 0 Å². The first-order valence-corrected chi connectivity index (χ1v) is 7.93. The summed E-state index contributed by atoms with van der Waals surface area (Å²) < 4.78 is 16.6. The van der Waals surface area contributed by atoms with Gasteiger partial charge in [-0.1, -0.05) is 20.8 Å². The van der Waals surface area contributed by atoms with Gasteiger partial charge in [0.2, 0.25) is 12.5 Å². The van der Waals surface area contributed by atoms with Crippen LogP contribution in [-0.4, -0.2) is 45.0 Å². The van der Waals surface area contributed by atoms with Crippen molar-refractivity contribution in [3.63, 3.8) is 0 Å². The second kappa shape index (κ2) is 5.97. The minimum absolute atomic E-state index is 0.121. The second-order valence-electron chi connectivity index (χ2n) is 7.01. The molecule has 0 aromatic heterocycles. The zero-order valence-electron chi connectivity index (χ0n) is 13.9. The number of hydrogen-bond acceptors (Lipinski definition) is 5. The molecule has 0 spiro atoms. The van der Waals surface area contributed by atoms with Crippen LogP contribution in [0.5, 0.6) is 17.2 Å². The van der Waals surface area contributed by atoms with Crippen LogP contribution in [0.2, 0.25) is 0 Å². The molecule has 122 valence electrons. The van der Waals surface area contributed by atoms with E-state index in [0.29, 0.717) is 6.04 Å². The van der Waals surface area contributed by atoms with Gasteiger partial charge in [-0.15, -0.1) is 0 Å². The average molecular weight is 306 g/mol. The largest absolute Gasteiger partial charge is 0.493 e. The highest BCUT2D eigenvalue weighted by Gasteiger charge is 2.34. The molecule has 0 saturated carbocycles. The van der Waals surface area contributed by atoms with Gasteiger partial charge in [0.1, 0.15) is 0 Å². The van der Waals surface area contributed by atoms with E-state index < -0.39 is 0 Å². The van der Waals surface area contributed by atoms with Crippen LogP contribution in [0.1, 0.15) is 32.4 Å². The lowest BCUT2D eigenvalue weighted by molar-refractivity contribution is 0.0859. The Labute approximate surface area is 132 Å². The molecule has 0 bridgehead atoms.